The third-order valence-corrected chi connectivity index (χ3v) is 4.19. The van der Waals surface area contributed by atoms with Crippen LogP contribution in [0.2, 0.25) is 0 Å². The quantitative estimate of drug-likeness (QED) is 0.826. The van der Waals surface area contributed by atoms with E-state index in [2.05, 4.69) is 17.1 Å². The van der Waals surface area contributed by atoms with Crippen molar-refractivity contribution in [3.05, 3.63) is 52.5 Å². The van der Waals surface area contributed by atoms with Crippen LogP contribution in [0.4, 0.5) is 0 Å². The van der Waals surface area contributed by atoms with Crippen LogP contribution in [0.3, 0.4) is 0 Å². The summed E-state index contributed by atoms with van der Waals surface area (Å²) in [5.74, 6) is 0.318. The van der Waals surface area contributed by atoms with Gasteiger partial charge in [0.25, 0.3) is 0 Å². The van der Waals surface area contributed by atoms with Gasteiger partial charge in [-0.25, -0.2) is 4.98 Å². The molecule has 1 heterocycles. The number of hydrogen-bond donors (Lipinski definition) is 0. The number of aromatic nitrogens is 1. The van der Waals surface area contributed by atoms with Crippen LogP contribution in [0.25, 0.3) is 0 Å². The molecule has 2 aromatic rings. The first-order valence-electron chi connectivity index (χ1n) is 5.78. The van der Waals surface area contributed by atoms with Gasteiger partial charge in [-0.2, -0.15) is 0 Å². The lowest BCUT2D eigenvalue weighted by Gasteiger charge is -2.13. The van der Waals surface area contributed by atoms with Crippen LogP contribution in [0.5, 0.6) is 0 Å². The number of carbonyl (C=O) groups is 1. The van der Waals surface area contributed by atoms with E-state index in [1.54, 1.807) is 17.5 Å². The van der Waals surface area contributed by atoms with Gasteiger partial charge in [-0.3, -0.25) is 4.79 Å². The number of Topliss-reactive ketones (excluding diaryl/α,β-unsaturated/α-hetero) is 1. The van der Waals surface area contributed by atoms with Gasteiger partial charge in [-0.15, -0.1) is 11.3 Å². The van der Waals surface area contributed by atoms with Gasteiger partial charge < -0.3 is 0 Å². The van der Waals surface area contributed by atoms with Crippen molar-refractivity contribution in [3.8, 4) is 0 Å². The summed E-state index contributed by atoms with van der Waals surface area (Å²) < 4.78 is 0. The summed E-state index contributed by atoms with van der Waals surface area (Å²) in [7, 11) is 0. The zero-order chi connectivity index (χ0) is 11.7. The lowest BCUT2D eigenvalue weighted by molar-refractivity contribution is -0.120. The van der Waals surface area contributed by atoms with Crippen LogP contribution >= 0.6 is 11.3 Å². The van der Waals surface area contributed by atoms with E-state index in [1.165, 1.54) is 5.56 Å². The Hall–Kier alpha value is -1.48. The first kappa shape index (κ1) is 10.7. The molecule has 17 heavy (non-hydrogen) atoms. The molecule has 86 valence electrons. The Balaban J connectivity index is 1.82. The third-order valence-electron chi connectivity index (χ3n) is 3.41. The second kappa shape index (κ2) is 4.08. The molecule has 0 bridgehead atoms. The molecule has 3 rings (SSSR count). The molecule has 0 aliphatic heterocycles. The zero-order valence-corrected chi connectivity index (χ0v) is 10.2. The Morgan fingerprint density at radius 2 is 2.06 bits per heavy atom. The Morgan fingerprint density at radius 1 is 1.29 bits per heavy atom. The van der Waals surface area contributed by atoms with E-state index in [9.17, 15) is 4.79 Å². The molecule has 1 aromatic heterocycles. The molecule has 0 atom stereocenters. The van der Waals surface area contributed by atoms with E-state index in [1.807, 2.05) is 23.6 Å². The maximum absolute atomic E-state index is 12.4. The monoisotopic (exact) mass is 243 g/mol. The number of hydrogen-bond acceptors (Lipinski definition) is 3. The minimum Gasteiger partial charge on any atom is -0.298 e. The fraction of sp³-hybridized carbons (Fsp3) is 0.286. The summed E-state index contributed by atoms with van der Waals surface area (Å²) in [6.45, 7) is 0. The van der Waals surface area contributed by atoms with Gasteiger partial charge in [-0.05, 0) is 18.4 Å². The van der Waals surface area contributed by atoms with Crippen molar-refractivity contribution in [2.75, 3.05) is 0 Å². The summed E-state index contributed by atoms with van der Waals surface area (Å²) >= 11 is 1.56. The average Bonchev–Trinajstić information content (AvgIpc) is 3.04. The van der Waals surface area contributed by atoms with Crippen molar-refractivity contribution < 1.29 is 4.79 Å². The van der Waals surface area contributed by atoms with E-state index < -0.39 is 0 Å². The molecule has 0 radical (unpaired) electrons. The summed E-state index contributed by atoms with van der Waals surface area (Å²) in [4.78, 5) is 16.6. The molecule has 1 saturated carbocycles. The summed E-state index contributed by atoms with van der Waals surface area (Å²) in [5.41, 5.74) is 0.967. The second-order valence-corrected chi connectivity index (χ2v) is 5.45. The number of benzene rings is 1. The standard InChI is InChI=1S/C14H13NOS/c16-12(10-13-15-8-9-17-13)14(6-7-14)11-4-2-1-3-5-11/h1-5,8-9H,6-7,10H2. The van der Waals surface area contributed by atoms with Crippen molar-refractivity contribution >= 4 is 17.1 Å². The minimum absolute atomic E-state index is 0.201. The van der Waals surface area contributed by atoms with Crippen LogP contribution < -0.4 is 0 Å². The first-order chi connectivity index (χ1) is 8.31. The molecule has 1 aromatic carbocycles. The SMILES string of the molecule is O=C(Cc1nccs1)C1(c2ccccc2)CC1. The molecule has 1 fully saturated rings. The van der Waals surface area contributed by atoms with Gasteiger partial charge in [-0.1, -0.05) is 30.3 Å². The Bertz CT molecular complexity index is 514. The predicted octanol–water partition coefficient (Wildman–Crippen LogP) is 2.99. The molecule has 2 nitrogen and oxygen atoms in total. The second-order valence-electron chi connectivity index (χ2n) is 4.47. The molecule has 3 heteroatoms. The smallest absolute Gasteiger partial charge is 0.150 e. The number of nitrogens with zero attached hydrogens (tertiary/aromatic N) is 1. The van der Waals surface area contributed by atoms with Crippen molar-refractivity contribution in [2.45, 2.75) is 24.7 Å². The molecule has 0 unspecified atom stereocenters. The highest BCUT2D eigenvalue weighted by Gasteiger charge is 2.50. The first-order valence-corrected chi connectivity index (χ1v) is 6.66. The van der Waals surface area contributed by atoms with Crippen molar-refractivity contribution in [1.82, 2.24) is 4.98 Å². The van der Waals surface area contributed by atoms with Crippen LogP contribution in [0, 0.1) is 0 Å². The van der Waals surface area contributed by atoms with E-state index in [4.69, 9.17) is 0 Å². The molecule has 0 N–H and O–H groups in total. The lowest BCUT2D eigenvalue weighted by Crippen LogP contribution is -2.22. The lowest BCUT2D eigenvalue weighted by atomic mass is 9.90. The van der Waals surface area contributed by atoms with Crippen molar-refractivity contribution in [1.29, 1.82) is 0 Å². The van der Waals surface area contributed by atoms with Crippen LogP contribution in [0.1, 0.15) is 23.4 Å². The highest BCUT2D eigenvalue weighted by molar-refractivity contribution is 7.09. The molecular formula is C14H13NOS. The minimum atomic E-state index is -0.201. The molecular weight excluding hydrogens is 230 g/mol. The van der Waals surface area contributed by atoms with E-state index >= 15 is 0 Å². The van der Waals surface area contributed by atoms with E-state index in [-0.39, 0.29) is 5.41 Å². The molecule has 1 aliphatic carbocycles. The van der Waals surface area contributed by atoms with E-state index in [0.717, 1.165) is 17.8 Å². The summed E-state index contributed by atoms with van der Waals surface area (Å²) in [6.07, 6.45) is 4.21. The maximum Gasteiger partial charge on any atom is 0.150 e. The molecule has 1 aliphatic rings. The topological polar surface area (TPSA) is 30.0 Å². The number of thiazole rings is 1. The van der Waals surface area contributed by atoms with Gasteiger partial charge in [0.05, 0.1) is 16.8 Å². The van der Waals surface area contributed by atoms with Gasteiger partial charge in [0, 0.05) is 11.6 Å². The molecule has 0 saturated heterocycles. The summed E-state index contributed by atoms with van der Waals surface area (Å²) in [6, 6.07) is 10.1. The van der Waals surface area contributed by atoms with Crippen molar-refractivity contribution in [3.63, 3.8) is 0 Å². The van der Waals surface area contributed by atoms with Crippen LogP contribution in [-0.2, 0) is 16.6 Å². The number of rotatable bonds is 4. The number of carbonyl (C=O) groups excluding carboxylic acids is 1. The zero-order valence-electron chi connectivity index (χ0n) is 9.43. The largest absolute Gasteiger partial charge is 0.298 e. The van der Waals surface area contributed by atoms with Gasteiger partial charge >= 0.3 is 0 Å². The fourth-order valence-corrected chi connectivity index (χ4v) is 2.87. The highest BCUT2D eigenvalue weighted by Crippen LogP contribution is 2.49. The maximum atomic E-state index is 12.4. The highest BCUT2D eigenvalue weighted by atomic mass is 32.1. The average molecular weight is 243 g/mol. The van der Waals surface area contributed by atoms with Gasteiger partial charge in [0.2, 0.25) is 0 Å². The van der Waals surface area contributed by atoms with Gasteiger partial charge in [0.1, 0.15) is 5.78 Å². The third kappa shape index (κ3) is 1.91. The Kier molecular flexibility index (Phi) is 2.56. The van der Waals surface area contributed by atoms with E-state index in [0.29, 0.717) is 12.2 Å². The Morgan fingerprint density at radius 3 is 2.65 bits per heavy atom. The fourth-order valence-electron chi connectivity index (χ4n) is 2.26. The Labute approximate surface area is 104 Å². The normalized spacial score (nSPS) is 16.7. The molecule has 0 amide bonds. The van der Waals surface area contributed by atoms with Crippen molar-refractivity contribution in [2.24, 2.45) is 0 Å². The summed E-state index contributed by atoms with van der Waals surface area (Å²) in [5, 5.41) is 2.85. The van der Waals surface area contributed by atoms with Gasteiger partial charge in [0.15, 0.2) is 0 Å². The van der Waals surface area contributed by atoms with Crippen LogP contribution in [-0.4, -0.2) is 10.8 Å². The predicted molar refractivity (Wildman–Crippen MR) is 68.2 cm³/mol. The number of ketones is 1. The molecule has 0 spiro atoms. The van der Waals surface area contributed by atoms with Crippen LogP contribution in [0.15, 0.2) is 41.9 Å².